The maximum absolute atomic E-state index is 5.48. The monoisotopic (exact) mass is 281 g/mol. The molecule has 0 spiro atoms. The molecular formula is C19H23NO. The zero-order valence-corrected chi connectivity index (χ0v) is 12.8. The van der Waals surface area contributed by atoms with Gasteiger partial charge >= 0.3 is 0 Å². The zero-order valence-electron chi connectivity index (χ0n) is 12.8. The third kappa shape index (κ3) is 4.76. The van der Waals surface area contributed by atoms with Crippen LogP contribution in [0.2, 0.25) is 0 Å². The predicted molar refractivity (Wildman–Crippen MR) is 88.6 cm³/mol. The molecule has 2 aromatic rings. The summed E-state index contributed by atoms with van der Waals surface area (Å²) in [6.07, 6.45) is 1.75. The predicted octanol–water partition coefficient (Wildman–Crippen LogP) is 4.41. The Balaban J connectivity index is 1.87. The van der Waals surface area contributed by atoms with E-state index in [9.17, 15) is 0 Å². The minimum Gasteiger partial charge on any atom is -0.490 e. The fraction of sp³-hybridized carbons (Fsp3) is 0.263. The molecule has 2 nitrogen and oxygen atoms in total. The lowest BCUT2D eigenvalue weighted by molar-refractivity contribution is 0.363. The first-order chi connectivity index (χ1) is 10.2. The topological polar surface area (TPSA) is 21.3 Å². The lowest BCUT2D eigenvalue weighted by Gasteiger charge is -2.15. The number of hydrogen-bond donors (Lipinski definition) is 1. The molecule has 0 aliphatic rings. The minimum atomic E-state index is 0.335. The number of aryl methyl sites for hydroxylation is 1. The van der Waals surface area contributed by atoms with Crippen LogP contribution in [0.25, 0.3) is 0 Å². The molecule has 2 heteroatoms. The lowest BCUT2D eigenvalue weighted by Crippen LogP contribution is -2.17. The molecule has 0 amide bonds. The van der Waals surface area contributed by atoms with Gasteiger partial charge in [-0.1, -0.05) is 54.6 Å². The van der Waals surface area contributed by atoms with Gasteiger partial charge in [0.15, 0.2) is 0 Å². The van der Waals surface area contributed by atoms with Crippen LogP contribution in [0.3, 0.4) is 0 Å². The zero-order chi connectivity index (χ0) is 15.1. The minimum absolute atomic E-state index is 0.335. The van der Waals surface area contributed by atoms with Gasteiger partial charge in [-0.25, -0.2) is 0 Å². The second-order valence-electron chi connectivity index (χ2n) is 5.26. The molecule has 0 saturated heterocycles. The van der Waals surface area contributed by atoms with E-state index in [-0.39, 0.29) is 0 Å². The number of ether oxygens (including phenoxy) is 1. The van der Waals surface area contributed by atoms with E-state index in [1.54, 1.807) is 6.08 Å². The molecule has 0 heterocycles. The Kier molecular flexibility index (Phi) is 5.59. The van der Waals surface area contributed by atoms with Crippen molar-refractivity contribution in [3.63, 3.8) is 0 Å². The standard InChI is InChI=1S/C19H23NO/c1-4-13-21-19-11-7-17(8-12-19)14-20-16(3)18-9-5-15(2)6-10-18/h4-12,16,20H,1,13-14H2,2-3H3/t16-/m1/s1. The van der Waals surface area contributed by atoms with Gasteiger partial charge in [0.25, 0.3) is 0 Å². The molecule has 0 saturated carbocycles. The molecule has 0 fully saturated rings. The largest absolute Gasteiger partial charge is 0.490 e. The summed E-state index contributed by atoms with van der Waals surface area (Å²) in [5.41, 5.74) is 3.85. The summed E-state index contributed by atoms with van der Waals surface area (Å²) in [4.78, 5) is 0. The van der Waals surface area contributed by atoms with E-state index in [4.69, 9.17) is 4.74 Å². The number of nitrogens with one attached hydrogen (secondary N) is 1. The summed E-state index contributed by atoms with van der Waals surface area (Å²) in [7, 11) is 0. The lowest BCUT2D eigenvalue weighted by atomic mass is 10.1. The van der Waals surface area contributed by atoms with E-state index in [1.165, 1.54) is 16.7 Å². The Morgan fingerprint density at radius 3 is 2.38 bits per heavy atom. The summed E-state index contributed by atoms with van der Waals surface area (Å²) >= 11 is 0. The summed E-state index contributed by atoms with van der Waals surface area (Å²) in [5, 5.41) is 3.54. The molecule has 21 heavy (non-hydrogen) atoms. The third-order valence-corrected chi connectivity index (χ3v) is 3.48. The average molecular weight is 281 g/mol. The summed E-state index contributed by atoms with van der Waals surface area (Å²) < 4.78 is 5.48. The molecule has 0 aliphatic heterocycles. The highest BCUT2D eigenvalue weighted by Gasteiger charge is 2.04. The Labute approximate surface area is 127 Å². The maximum Gasteiger partial charge on any atom is 0.119 e. The molecule has 0 aliphatic carbocycles. The smallest absolute Gasteiger partial charge is 0.119 e. The molecule has 0 aromatic heterocycles. The highest BCUT2D eigenvalue weighted by molar-refractivity contribution is 5.28. The quantitative estimate of drug-likeness (QED) is 0.759. The van der Waals surface area contributed by atoms with Crippen LogP contribution in [-0.2, 0) is 6.54 Å². The van der Waals surface area contributed by atoms with Crippen molar-refractivity contribution in [2.24, 2.45) is 0 Å². The first-order valence-electron chi connectivity index (χ1n) is 7.31. The van der Waals surface area contributed by atoms with Gasteiger partial charge in [0.1, 0.15) is 12.4 Å². The highest BCUT2D eigenvalue weighted by Crippen LogP contribution is 2.15. The van der Waals surface area contributed by atoms with Crippen molar-refractivity contribution >= 4 is 0 Å². The van der Waals surface area contributed by atoms with Crippen LogP contribution in [0.15, 0.2) is 61.2 Å². The summed E-state index contributed by atoms with van der Waals surface area (Å²) in [5.74, 6) is 0.880. The van der Waals surface area contributed by atoms with Crippen LogP contribution in [0, 0.1) is 6.92 Å². The van der Waals surface area contributed by atoms with Crippen LogP contribution in [0.5, 0.6) is 5.75 Å². The van der Waals surface area contributed by atoms with Crippen molar-refractivity contribution in [1.82, 2.24) is 5.32 Å². The molecule has 2 aromatic carbocycles. The van der Waals surface area contributed by atoms with Crippen LogP contribution < -0.4 is 10.1 Å². The molecule has 2 rings (SSSR count). The van der Waals surface area contributed by atoms with Crippen molar-refractivity contribution in [2.45, 2.75) is 26.4 Å². The summed E-state index contributed by atoms with van der Waals surface area (Å²) in [6.45, 7) is 9.32. The van der Waals surface area contributed by atoms with Gasteiger partial charge in [-0.05, 0) is 37.1 Å². The maximum atomic E-state index is 5.48. The van der Waals surface area contributed by atoms with E-state index in [1.807, 2.05) is 12.1 Å². The van der Waals surface area contributed by atoms with Crippen molar-refractivity contribution < 1.29 is 4.74 Å². The fourth-order valence-corrected chi connectivity index (χ4v) is 2.10. The number of benzene rings is 2. The Morgan fingerprint density at radius 1 is 1.10 bits per heavy atom. The van der Waals surface area contributed by atoms with Gasteiger partial charge in [-0.3, -0.25) is 0 Å². The Hall–Kier alpha value is -2.06. The molecule has 0 bridgehead atoms. The molecule has 110 valence electrons. The van der Waals surface area contributed by atoms with Crippen LogP contribution in [-0.4, -0.2) is 6.61 Å². The van der Waals surface area contributed by atoms with Crippen molar-refractivity contribution in [1.29, 1.82) is 0 Å². The number of rotatable bonds is 7. The van der Waals surface area contributed by atoms with Crippen LogP contribution in [0.4, 0.5) is 0 Å². The van der Waals surface area contributed by atoms with E-state index < -0.39 is 0 Å². The molecule has 1 atom stereocenters. The van der Waals surface area contributed by atoms with Crippen molar-refractivity contribution in [3.8, 4) is 5.75 Å². The van der Waals surface area contributed by atoms with Crippen molar-refractivity contribution in [3.05, 3.63) is 77.9 Å². The second-order valence-corrected chi connectivity index (χ2v) is 5.26. The molecule has 0 radical (unpaired) electrons. The van der Waals surface area contributed by atoms with Crippen LogP contribution in [0.1, 0.15) is 29.7 Å². The van der Waals surface area contributed by atoms with Gasteiger partial charge in [0, 0.05) is 12.6 Å². The Bertz CT molecular complexity index is 557. The number of hydrogen-bond acceptors (Lipinski definition) is 2. The van der Waals surface area contributed by atoms with E-state index >= 15 is 0 Å². The van der Waals surface area contributed by atoms with E-state index in [0.29, 0.717) is 12.6 Å². The first-order valence-corrected chi connectivity index (χ1v) is 7.31. The third-order valence-electron chi connectivity index (χ3n) is 3.48. The van der Waals surface area contributed by atoms with Gasteiger partial charge in [-0.15, -0.1) is 0 Å². The normalized spacial score (nSPS) is 11.9. The molecule has 1 N–H and O–H groups in total. The molecule has 0 unspecified atom stereocenters. The van der Waals surface area contributed by atoms with Gasteiger partial charge < -0.3 is 10.1 Å². The first kappa shape index (κ1) is 15.3. The van der Waals surface area contributed by atoms with Gasteiger partial charge in [0.05, 0.1) is 0 Å². The fourth-order valence-electron chi connectivity index (χ4n) is 2.10. The van der Waals surface area contributed by atoms with Gasteiger partial charge in [-0.2, -0.15) is 0 Å². The van der Waals surface area contributed by atoms with E-state index in [2.05, 4.69) is 62.1 Å². The van der Waals surface area contributed by atoms with E-state index in [0.717, 1.165) is 12.3 Å². The summed E-state index contributed by atoms with van der Waals surface area (Å²) in [6, 6.07) is 17.2. The van der Waals surface area contributed by atoms with Crippen LogP contribution >= 0.6 is 0 Å². The second kappa shape index (κ2) is 7.65. The van der Waals surface area contributed by atoms with Crippen molar-refractivity contribution in [2.75, 3.05) is 6.61 Å². The van der Waals surface area contributed by atoms with Gasteiger partial charge in [0.2, 0.25) is 0 Å². The Morgan fingerprint density at radius 2 is 1.76 bits per heavy atom. The average Bonchev–Trinajstić information content (AvgIpc) is 2.52. The molecular weight excluding hydrogens is 258 g/mol. The SMILES string of the molecule is C=CCOc1ccc(CN[C@H](C)c2ccc(C)cc2)cc1. The highest BCUT2D eigenvalue weighted by atomic mass is 16.5.